The Labute approximate surface area is 158 Å². The number of fused-ring (bicyclic) bond motifs is 1. The Morgan fingerprint density at radius 1 is 1.26 bits per heavy atom. The first-order valence-electron chi connectivity index (χ1n) is 8.89. The SMILES string of the molecule is CNS(=O)(=O)c1ccc(N2CCC[C@@H]2C)c(Nc2ncnc3[nH]ccc23)c1. The van der Waals surface area contributed by atoms with Crippen molar-refractivity contribution in [2.24, 2.45) is 0 Å². The van der Waals surface area contributed by atoms with Gasteiger partial charge in [-0.05, 0) is 51.1 Å². The maximum Gasteiger partial charge on any atom is 0.240 e. The monoisotopic (exact) mass is 386 g/mol. The number of rotatable bonds is 5. The Balaban J connectivity index is 1.82. The maximum absolute atomic E-state index is 12.3. The van der Waals surface area contributed by atoms with Crippen molar-refractivity contribution in [1.29, 1.82) is 0 Å². The van der Waals surface area contributed by atoms with Gasteiger partial charge in [0, 0.05) is 18.8 Å². The standard InChI is InChI=1S/C18H22N6O2S/c1-12-4-3-9-24(12)16-6-5-13(27(25,26)19-2)10-15(16)23-18-14-7-8-20-17(14)21-11-22-18/h5-8,10-12,19H,3-4,9H2,1-2H3,(H2,20,21,22,23)/t12-/m0/s1. The summed E-state index contributed by atoms with van der Waals surface area (Å²) < 4.78 is 27.0. The minimum atomic E-state index is -3.55. The molecular weight excluding hydrogens is 364 g/mol. The number of aromatic nitrogens is 3. The molecule has 1 fully saturated rings. The normalized spacial score (nSPS) is 17.6. The highest BCUT2D eigenvalue weighted by atomic mass is 32.2. The first kappa shape index (κ1) is 17.7. The largest absolute Gasteiger partial charge is 0.367 e. The summed E-state index contributed by atoms with van der Waals surface area (Å²) in [5, 5.41) is 4.18. The van der Waals surface area contributed by atoms with E-state index in [2.05, 4.69) is 36.8 Å². The average molecular weight is 386 g/mol. The van der Waals surface area contributed by atoms with E-state index < -0.39 is 10.0 Å². The molecular formula is C18H22N6O2S. The first-order chi connectivity index (χ1) is 13.0. The van der Waals surface area contributed by atoms with Crippen LogP contribution < -0.4 is 14.9 Å². The Morgan fingerprint density at radius 2 is 2.11 bits per heavy atom. The Kier molecular flexibility index (Phi) is 4.48. The van der Waals surface area contributed by atoms with E-state index in [0.717, 1.165) is 36.1 Å². The second-order valence-electron chi connectivity index (χ2n) is 6.66. The molecule has 3 N–H and O–H groups in total. The van der Waals surface area contributed by atoms with Crippen LogP contribution in [-0.4, -0.2) is 43.0 Å². The minimum Gasteiger partial charge on any atom is -0.367 e. The van der Waals surface area contributed by atoms with Crippen molar-refractivity contribution in [3.8, 4) is 0 Å². The molecule has 3 aromatic rings. The number of aromatic amines is 1. The highest BCUT2D eigenvalue weighted by molar-refractivity contribution is 7.89. The lowest BCUT2D eigenvalue weighted by atomic mass is 10.2. The lowest BCUT2D eigenvalue weighted by Gasteiger charge is -2.27. The van der Waals surface area contributed by atoms with Gasteiger partial charge < -0.3 is 15.2 Å². The van der Waals surface area contributed by atoms with Crippen LogP contribution in [-0.2, 0) is 10.0 Å². The van der Waals surface area contributed by atoms with Crippen LogP contribution in [0.1, 0.15) is 19.8 Å². The van der Waals surface area contributed by atoms with Crippen LogP contribution in [0.5, 0.6) is 0 Å². The van der Waals surface area contributed by atoms with Gasteiger partial charge in [-0.25, -0.2) is 23.1 Å². The molecule has 142 valence electrons. The summed E-state index contributed by atoms with van der Waals surface area (Å²) in [4.78, 5) is 14.1. The highest BCUT2D eigenvalue weighted by Gasteiger charge is 2.24. The summed E-state index contributed by atoms with van der Waals surface area (Å²) in [6.07, 6.45) is 5.52. The molecule has 0 bridgehead atoms. The fourth-order valence-electron chi connectivity index (χ4n) is 3.54. The number of hydrogen-bond donors (Lipinski definition) is 3. The summed E-state index contributed by atoms with van der Waals surface area (Å²) in [5.41, 5.74) is 2.40. The molecule has 8 nitrogen and oxygen atoms in total. The lowest BCUT2D eigenvalue weighted by molar-refractivity contribution is 0.588. The molecule has 1 aliphatic rings. The Bertz CT molecular complexity index is 1080. The van der Waals surface area contributed by atoms with Gasteiger partial charge in [0.05, 0.1) is 21.7 Å². The van der Waals surface area contributed by atoms with Gasteiger partial charge in [-0.3, -0.25) is 0 Å². The van der Waals surface area contributed by atoms with E-state index >= 15 is 0 Å². The minimum absolute atomic E-state index is 0.211. The number of sulfonamides is 1. The molecule has 4 rings (SSSR count). The van der Waals surface area contributed by atoms with Crippen LogP contribution in [0.3, 0.4) is 0 Å². The van der Waals surface area contributed by atoms with Gasteiger partial charge >= 0.3 is 0 Å². The van der Waals surface area contributed by atoms with Gasteiger partial charge in [-0.2, -0.15) is 0 Å². The van der Waals surface area contributed by atoms with E-state index in [1.165, 1.54) is 13.4 Å². The summed E-state index contributed by atoms with van der Waals surface area (Å²) in [5.74, 6) is 0.633. The van der Waals surface area contributed by atoms with Gasteiger partial charge in [0.25, 0.3) is 0 Å². The van der Waals surface area contributed by atoms with E-state index in [4.69, 9.17) is 0 Å². The van der Waals surface area contributed by atoms with Gasteiger partial charge in [0.2, 0.25) is 10.0 Å². The molecule has 1 aliphatic heterocycles. The molecule has 0 spiro atoms. The summed E-state index contributed by atoms with van der Waals surface area (Å²) in [7, 11) is -2.14. The molecule has 0 radical (unpaired) electrons. The second-order valence-corrected chi connectivity index (χ2v) is 8.54. The van der Waals surface area contributed by atoms with Crippen molar-refractivity contribution in [3.63, 3.8) is 0 Å². The Hall–Kier alpha value is -2.65. The Morgan fingerprint density at radius 3 is 2.85 bits per heavy atom. The van der Waals surface area contributed by atoms with Crippen molar-refractivity contribution < 1.29 is 8.42 Å². The van der Waals surface area contributed by atoms with Crippen molar-refractivity contribution >= 4 is 38.2 Å². The van der Waals surface area contributed by atoms with E-state index in [1.807, 2.05) is 12.1 Å². The number of nitrogens with zero attached hydrogens (tertiary/aromatic N) is 3. The number of nitrogens with one attached hydrogen (secondary N) is 3. The molecule has 1 saturated heterocycles. The third-order valence-corrected chi connectivity index (χ3v) is 6.43. The number of H-pyrrole nitrogens is 1. The van der Waals surface area contributed by atoms with Crippen LogP contribution in [0, 0.1) is 0 Å². The number of hydrogen-bond acceptors (Lipinski definition) is 6. The summed E-state index contributed by atoms with van der Waals surface area (Å²) >= 11 is 0. The maximum atomic E-state index is 12.3. The molecule has 3 heterocycles. The zero-order valence-electron chi connectivity index (χ0n) is 15.2. The molecule has 1 aromatic carbocycles. The smallest absolute Gasteiger partial charge is 0.240 e. The second kappa shape index (κ2) is 6.82. The van der Waals surface area contributed by atoms with Crippen LogP contribution in [0.15, 0.2) is 41.7 Å². The predicted molar refractivity (Wildman–Crippen MR) is 106 cm³/mol. The van der Waals surface area contributed by atoms with Gasteiger partial charge in [0.1, 0.15) is 17.8 Å². The van der Waals surface area contributed by atoms with Crippen LogP contribution in [0.2, 0.25) is 0 Å². The third-order valence-electron chi connectivity index (χ3n) is 5.02. The van der Waals surface area contributed by atoms with E-state index in [0.29, 0.717) is 17.5 Å². The van der Waals surface area contributed by atoms with Crippen molar-refractivity contribution in [1.82, 2.24) is 19.7 Å². The summed E-state index contributed by atoms with van der Waals surface area (Å²) in [6.45, 7) is 3.13. The predicted octanol–water partition coefficient (Wildman–Crippen LogP) is 2.60. The van der Waals surface area contributed by atoms with Crippen LogP contribution in [0.25, 0.3) is 11.0 Å². The molecule has 0 unspecified atom stereocenters. The molecule has 0 aliphatic carbocycles. The fraction of sp³-hybridized carbons (Fsp3) is 0.333. The zero-order chi connectivity index (χ0) is 19.0. The molecule has 27 heavy (non-hydrogen) atoms. The number of anilines is 3. The molecule has 0 saturated carbocycles. The van der Waals surface area contributed by atoms with E-state index in [-0.39, 0.29) is 4.90 Å². The van der Waals surface area contributed by atoms with E-state index in [9.17, 15) is 8.42 Å². The van der Waals surface area contributed by atoms with Crippen molar-refractivity contribution in [3.05, 3.63) is 36.8 Å². The van der Waals surface area contributed by atoms with Gasteiger partial charge in [-0.15, -0.1) is 0 Å². The van der Waals surface area contributed by atoms with Gasteiger partial charge in [0.15, 0.2) is 0 Å². The van der Waals surface area contributed by atoms with Crippen molar-refractivity contribution in [2.75, 3.05) is 23.8 Å². The first-order valence-corrected chi connectivity index (χ1v) is 10.4. The number of benzene rings is 1. The molecule has 0 amide bonds. The topological polar surface area (TPSA) is 103 Å². The molecule has 9 heteroatoms. The van der Waals surface area contributed by atoms with Gasteiger partial charge in [-0.1, -0.05) is 0 Å². The fourth-order valence-corrected chi connectivity index (χ4v) is 4.30. The third kappa shape index (κ3) is 3.24. The quantitative estimate of drug-likeness (QED) is 0.623. The van der Waals surface area contributed by atoms with E-state index in [1.54, 1.807) is 18.3 Å². The van der Waals surface area contributed by atoms with Crippen LogP contribution in [0.4, 0.5) is 17.2 Å². The zero-order valence-corrected chi connectivity index (χ0v) is 16.0. The van der Waals surface area contributed by atoms with Crippen LogP contribution >= 0.6 is 0 Å². The molecule has 2 aromatic heterocycles. The average Bonchev–Trinajstić information content (AvgIpc) is 3.31. The molecule has 1 atom stereocenters. The van der Waals surface area contributed by atoms with Crippen molar-refractivity contribution in [2.45, 2.75) is 30.7 Å². The highest BCUT2D eigenvalue weighted by Crippen LogP contribution is 2.36. The lowest BCUT2D eigenvalue weighted by Crippen LogP contribution is -2.27. The summed E-state index contributed by atoms with van der Waals surface area (Å²) in [6, 6.07) is 7.46.